The zero-order valence-electron chi connectivity index (χ0n) is 10.7. The number of hydrogen-bond donors (Lipinski definition) is 1. The highest BCUT2D eigenvalue weighted by Gasteiger charge is 2.07. The van der Waals surface area contributed by atoms with Crippen LogP contribution in [0.15, 0.2) is 55.2 Å². The first kappa shape index (κ1) is 12.7. The van der Waals surface area contributed by atoms with Crippen LogP contribution in [0.2, 0.25) is 0 Å². The summed E-state index contributed by atoms with van der Waals surface area (Å²) in [6.45, 7) is 5.63. The summed E-state index contributed by atoms with van der Waals surface area (Å²) in [7, 11) is 0. The van der Waals surface area contributed by atoms with Gasteiger partial charge in [0.15, 0.2) is 11.5 Å². The van der Waals surface area contributed by atoms with Gasteiger partial charge in [-0.05, 0) is 19.1 Å². The van der Waals surface area contributed by atoms with Gasteiger partial charge in [-0.15, -0.1) is 6.42 Å². The molecule has 2 aromatic heterocycles. The predicted octanol–water partition coefficient (Wildman–Crippen LogP) is 2.77. The number of nitrogens with one attached hydrogen (secondary N) is 1. The van der Waals surface area contributed by atoms with Crippen LogP contribution in [0.3, 0.4) is 0 Å². The van der Waals surface area contributed by atoms with Crippen LogP contribution in [0.1, 0.15) is 12.6 Å². The van der Waals surface area contributed by atoms with E-state index in [1.54, 1.807) is 24.7 Å². The van der Waals surface area contributed by atoms with Crippen molar-refractivity contribution in [3.8, 4) is 12.3 Å². The van der Waals surface area contributed by atoms with Gasteiger partial charge in [0.2, 0.25) is 0 Å². The number of aromatic nitrogens is 3. The van der Waals surface area contributed by atoms with Gasteiger partial charge < -0.3 is 5.32 Å². The average molecular weight is 250 g/mol. The van der Waals surface area contributed by atoms with Crippen LogP contribution < -0.4 is 5.32 Å². The summed E-state index contributed by atoms with van der Waals surface area (Å²) >= 11 is 0. The summed E-state index contributed by atoms with van der Waals surface area (Å²) in [5, 5.41) is 3.20. The van der Waals surface area contributed by atoms with Crippen molar-refractivity contribution in [3.05, 3.63) is 60.9 Å². The molecule has 2 rings (SSSR count). The first-order valence-corrected chi connectivity index (χ1v) is 5.81. The summed E-state index contributed by atoms with van der Waals surface area (Å²) < 4.78 is 1.82. The van der Waals surface area contributed by atoms with Crippen molar-refractivity contribution in [2.75, 3.05) is 5.32 Å². The summed E-state index contributed by atoms with van der Waals surface area (Å²) in [5.41, 5.74) is 2.26. The second kappa shape index (κ2) is 5.69. The Balaban J connectivity index is 2.46. The maximum Gasteiger partial charge on any atom is 0.181 e. The van der Waals surface area contributed by atoms with Crippen molar-refractivity contribution < 1.29 is 0 Å². The fraction of sp³-hybridized carbons (Fsp3) is 0.0667. The monoisotopic (exact) mass is 250 g/mol. The second-order valence-corrected chi connectivity index (χ2v) is 3.74. The molecule has 0 unspecified atom stereocenters. The minimum atomic E-state index is 0.648. The molecular formula is C15H14N4. The lowest BCUT2D eigenvalue weighted by atomic mass is 10.3. The molecule has 0 bridgehead atoms. The molecule has 0 radical (unpaired) electrons. The van der Waals surface area contributed by atoms with E-state index in [0.29, 0.717) is 17.2 Å². The number of allylic oxidation sites excluding steroid dienone is 4. The van der Waals surface area contributed by atoms with Gasteiger partial charge in [0, 0.05) is 18.1 Å². The molecule has 4 heteroatoms. The lowest BCUT2D eigenvalue weighted by molar-refractivity contribution is 1.11. The standard InChI is InChI=1S/C15H14N4/c1-4-7-12(8-5-2)18-14-15-17-11-13(6-3)19(15)10-9-16-14/h3-5,7-11H,1H2,2H3,(H,16,18)/b8-5-,12-7+. The van der Waals surface area contributed by atoms with E-state index in [4.69, 9.17) is 6.42 Å². The Kier molecular flexibility index (Phi) is 3.79. The van der Waals surface area contributed by atoms with Crippen LogP contribution in [0.25, 0.3) is 5.65 Å². The van der Waals surface area contributed by atoms with Gasteiger partial charge in [0.1, 0.15) is 5.69 Å². The van der Waals surface area contributed by atoms with Crippen LogP contribution >= 0.6 is 0 Å². The molecule has 0 aromatic carbocycles. The lowest BCUT2D eigenvalue weighted by Gasteiger charge is -2.07. The van der Waals surface area contributed by atoms with Gasteiger partial charge in [-0.2, -0.15) is 0 Å². The quantitative estimate of drug-likeness (QED) is 0.670. The van der Waals surface area contributed by atoms with Crippen LogP contribution in [-0.2, 0) is 0 Å². The van der Waals surface area contributed by atoms with E-state index in [-0.39, 0.29) is 0 Å². The number of imidazole rings is 1. The third-order valence-corrected chi connectivity index (χ3v) is 2.48. The molecule has 0 spiro atoms. The van der Waals surface area contributed by atoms with E-state index >= 15 is 0 Å². The molecule has 2 aromatic rings. The molecule has 94 valence electrons. The summed E-state index contributed by atoms with van der Waals surface area (Å²) in [5.74, 6) is 3.23. The Morgan fingerprint density at radius 3 is 3.05 bits per heavy atom. The molecule has 0 aliphatic heterocycles. The first-order valence-electron chi connectivity index (χ1n) is 5.81. The molecule has 19 heavy (non-hydrogen) atoms. The highest BCUT2D eigenvalue weighted by atomic mass is 15.1. The topological polar surface area (TPSA) is 42.2 Å². The SMILES string of the molecule is C#Cc1cnc2c(NC(/C=C\C)=C/C=C)nccn12. The molecule has 0 aliphatic carbocycles. The first-order chi connectivity index (χ1) is 9.30. The zero-order chi connectivity index (χ0) is 13.7. The van der Waals surface area contributed by atoms with Crippen LogP contribution in [0.5, 0.6) is 0 Å². The molecular weight excluding hydrogens is 236 g/mol. The molecule has 0 saturated carbocycles. The average Bonchev–Trinajstić information content (AvgIpc) is 2.83. The minimum absolute atomic E-state index is 0.648. The normalized spacial score (nSPS) is 11.7. The Hall–Kier alpha value is -2.80. The van der Waals surface area contributed by atoms with Crippen LogP contribution in [0.4, 0.5) is 5.82 Å². The molecule has 0 fully saturated rings. The Labute approximate surface area is 112 Å². The lowest BCUT2D eigenvalue weighted by Crippen LogP contribution is -2.02. The molecule has 0 atom stereocenters. The highest BCUT2D eigenvalue weighted by molar-refractivity contribution is 5.67. The predicted molar refractivity (Wildman–Crippen MR) is 77.6 cm³/mol. The summed E-state index contributed by atoms with van der Waals surface area (Å²) in [4.78, 5) is 8.57. The van der Waals surface area contributed by atoms with Gasteiger partial charge in [0.05, 0.1) is 6.20 Å². The summed E-state index contributed by atoms with van der Waals surface area (Å²) in [6, 6.07) is 0. The molecule has 1 N–H and O–H groups in total. The summed E-state index contributed by atoms with van der Waals surface area (Å²) in [6.07, 6.45) is 18.0. The smallest absolute Gasteiger partial charge is 0.181 e. The molecule has 0 aliphatic rings. The number of rotatable bonds is 4. The van der Waals surface area contributed by atoms with Crippen molar-refractivity contribution in [2.45, 2.75) is 6.92 Å². The van der Waals surface area contributed by atoms with Gasteiger partial charge in [-0.3, -0.25) is 4.40 Å². The van der Waals surface area contributed by atoms with Crippen molar-refractivity contribution in [2.24, 2.45) is 0 Å². The molecule has 0 amide bonds. The highest BCUT2D eigenvalue weighted by Crippen LogP contribution is 2.16. The van der Waals surface area contributed by atoms with Gasteiger partial charge >= 0.3 is 0 Å². The number of nitrogens with zero attached hydrogens (tertiary/aromatic N) is 3. The molecule has 4 nitrogen and oxygen atoms in total. The number of terminal acetylenes is 1. The van der Waals surface area contributed by atoms with Crippen molar-refractivity contribution in [1.82, 2.24) is 14.4 Å². The van der Waals surface area contributed by atoms with E-state index in [0.717, 1.165) is 5.70 Å². The fourth-order valence-electron chi connectivity index (χ4n) is 1.70. The fourth-order valence-corrected chi connectivity index (χ4v) is 1.70. The largest absolute Gasteiger partial charge is 0.337 e. The van der Waals surface area contributed by atoms with Crippen molar-refractivity contribution in [1.29, 1.82) is 0 Å². The minimum Gasteiger partial charge on any atom is -0.337 e. The van der Waals surface area contributed by atoms with Gasteiger partial charge in [-0.1, -0.05) is 24.7 Å². The van der Waals surface area contributed by atoms with Gasteiger partial charge in [0.25, 0.3) is 0 Å². The third-order valence-electron chi connectivity index (χ3n) is 2.48. The van der Waals surface area contributed by atoms with E-state index in [1.165, 1.54) is 0 Å². The number of hydrogen-bond acceptors (Lipinski definition) is 3. The molecule has 2 heterocycles. The Morgan fingerprint density at radius 2 is 2.37 bits per heavy atom. The van der Waals surface area contributed by atoms with E-state index in [1.807, 2.05) is 29.6 Å². The molecule has 0 saturated heterocycles. The number of fused-ring (bicyclic) bond motifs is 1. The third kappa shape index (κ3) is 2.55. The zero-order valence-corrected chi connectivity index (χ0v) is 10.7. The Bertz CT molecular complexity index is 698. The maximum atomic E-state index is 5.42. The maximum absolute atomic E-state index is 5.42. The van der Waals surface area contributed by atoms with Crippen molar-refractivity contribution in [3.63, 3.8) is 0 Å². The van der Waals surface area contributed by atoms with Crippen LogP contribution in [-0.4, -0.2) is 14.4 Å². The van der Waals surface area contributed by atoms with Crippen LogP contribution in [0, 0.1) is 12.3 Å². The second-order valence-electron chi connectivity index (χ2n) is 3.74. The van der Waals surface area contributed by atoms with E-state index in [9.17, 15) is 0 Å². The van der Waals surface area contributed by atoms with E-state index in [2.05, 4.69) is 27.8 Å². The van der Waals surface area contributed by atoms with Gasteiger partial charge in [-0.25, -0.2) is 9.97 Å². The Morgan fingerprint density at radius 1 is 1.53 bits per heavy atom. The number of anilines is 1. The van der Waals surface area contributed by atoms with E-state index < -0.39 is 0 Å². The van der Waals surface area contributed by atoms with Crippen molar-refractivity contribution >= 4 is 11.5 Å².